The van der Waals surface area contributed by atoms with E-state index in [-0.39, 0.29) is 11.7 Å². The van der Waals surface area contributed by atoms with Crippen LogP contribution in [0.4, 0.5) is 0 Å². The van der Waals surface area contributed by atoms with Crippen molar-refractivity contribution in [1.82, 2.24) is 4.90 Å². The van der Waals surface area contributed by atoms with Crippen LogP contribution in [-0.2, 0) is 6.54 Å². The third kappa shape index (κ3) is 3.58. The number of phenols is 1. The van der Waals surface area contributed by atoms with E-state index < -0.39 is 0 Å². The standard InChI is InChI=1S/C13H11Br2NO2S/c1-16(6-10-5-9(14)7-19-10)13(18)8-2-3-11(15)12(17)4-8/h2-5,7,17H,6H2,1H3. The molecule has 0 radical (unpaired) electrons. The molecular formula is C13H11Br2NO2S. The number of amides is 1. The Bertz CT molecular complexity index is 612. The van der Waals surface area contributed by atoms with Gasteiger partial charge in [0.2, 0.25) is 0 Å². The molecule has 0 aliphatic rings. The van der Waals surface area contributed by atoms with Crippen molar-refractivity contribution in [3.8, 4) is 5.75 Å². The third-order valence-corrected chi connectivity index (χ3v) is 4.91. The van der Waals surface area contributed by atoms with E-state index in [4.69, 9.17) is 0 Å². The number of phenolic OH excluding ortho intramolecular Hbond substituents is 1. The Balaban J connectivity index is 2.12. The summed E-state index contributed by atoms with van der Waals surface area (Å²) in [5.74, 6) is -0.0505. The van der Waals surface area contributed by atoms with Gasteiger partial charge in [-0.3, -0.25) is 4.79 Å². The molecule has 6 heteroatoms. The summed E-state index contributed by atoms with van der Waals surface area (Å²) in [6.07, 6.45) is 0. The highest BCUT2D eigenvalue weighted by Crippen LogP contribution is 2.25. The average molecular weight is 405 g/mol. The van der Waals surface area contributed by atoms with Gasteiger partial charge in [0.15, 0.2) is 0 Å². The molecule has 1 aromatic carbocycles. The van der Waals surface area contributed by atoms with E-state index in [0.717, 1.165) is 9.35 Å². The maximum atomic E-state index is 12.2. The van der Waals surface area contributed by atoms with Crippen LogP contribution in [0.1, 0.15) is 15.2 Å². The Labute approximate surface area is 132 Å². The maximum Gasteiger partial charge on any atom is 0.254 e. The van der Waals surface area contributed by atoms with Crippen LogP contribution in [0.15, 0.2) is 38.6 Å². The van der Waals surface area contributed by atoms with Crippen molar-refractivity contribution in [3.05, 3.63) is 49.0 Å². The highest BCUT2D eigenvalue weighted by atomic mass is 79.9. The molecular weight excluding hydrogens is 394 g/mol. The summed E-state index contributed by atoms with van der Waals surface area (Å²) in [4.78, 5) is 14.9. The van der Waals surface area contributed by atoms with Gasteiger partial charge in [0, 0.05) is 27.3 Å². The number of hydrogen-bond donors (Lipinski definition) is 1. The highest BCUT2D eigenvalue weighted by Gasteiger charge is 2.14. The van der Waals surface area contributed by atoms with Crippen LogP contribution in [0.25, 0.3) is 0 Å². The molecule has 1 heterocycles. The van der Waals surface area contributed by atoms with Crippen molar-refractivity contribution >= 4 is 49.1 Å². The first-order chi connectivity index (χ1) is 8.97. The molecule has 0 saturated carbocycles. The quantitative estimate of drug-likeness (QED) is 0.830. The summed E-state index contributed by atoms with van der Waals surface area (Å²) in [5, 5.41) is 11.6. The Morgan fingerprint density at radius 3 is 2.68 bits per heavy atom. The number of hydrogen-bond acceptors (Lipinski definition) is 3. The van der Waals surface area contributed by atoms with Gasteiger partial charge < -0.3 is 10.0 Å². The van der Waals surface area contributed by atoms with Gasteiger partial charge in [-0.1, -0.05) is 0 Å². The molecule has 0 aliphatic carbocycles. The molecule has 2 aromatic rings. The Morgan fingerprint density at radius 2 is 2.11 bits per heavy atom. The summed E-state index contributed by atoms with van der Waals surface area (Å²) >= 11 is 8.18. The normalized spacial score (nSPS) is 10.5. The van der Waals surface area contributed by atoms with Crippen LogP contribution in [0.2, 0.25) is 0 Å². The topological polar surface area (TPSA) is 40.5 Å². The molecule has 100 valence electrons. The number of benzene rings is 1. The van der Waals surface area contributed by atoms with Crippen molar-refractivity contribution in [1.29, 1.82) is 0 Å². The Kier molecular flexibility index (Phi) is 4.65. The second-order valence-corrected chi connectivity index (χ2v) is 6.82. The van der Waals surface area contributed by atoms with Crippen LogP contribution in [-0.4, -0.2) is 23.0 Å². The van der Waals surface area contributed by atoms with Crippen molar-refractivity contribution < 1.29 is 9.90 Å². The number of carbonyl (C=O) groups is 1. The van der Waals surface area contributed by atoms with E-state index in [1.54, 1.807) is 35.4 Å². The molecule has 0 saturated heterocycles. The molecule has 2 rings (SSSR count). The van der Waals surface area contributed by atoms with Gasteiger partial charge in [-0.15, -0.1) is 11.3 Å². The summed E-state index contributed by atoms with van der Waals surface area (Å²) in [6, 6.07) is 6.81. The minimum absolute atomic E-state index is 0.0677. The lowest BCUT2D eigenvalue weighted by Gasteiger charge is -2.16. The summed E-state index contributed by atoms with van der Waals surface area (Å²) in [7, 11) is 1.75. The molecule has 0 atom stereocenters. The van der Waals surface area contributed by atoms with Gasteiger partial charge in [0.05, 0.1) is 11.0 Å². The van der Waals surface area contributed by atoms with E-state index in [0.29, 0.717) is 16.6 Å². The molecule has 1 aromatic heterocycles. The molecule has 0 aliphatic heterocycles. The Hall–Kier alpha value is -0.850. The third-order valence-electron chi connectivity index (χ3n) is 2.55. The number of nitrogens with zero attached hydrogens (tertiary/aromatic N) is 1. The zero-order chi connectivity index (χ0) is 14.0. The monoisotopic (exact) mass is 403 g/mol. The second kappa shape index (κ2) is 6.07. The first-order valence-electron chi connectivity index (χ1n) is 5.44. The largest absolute Gasteiger partial charge is 0.507 e. The number of rotatable bonds is 3. The fraction of sp³-hybridized carbons (Fsp3) is 0.154. The number of halogens is 2. The van der Waals surface area contributed by atoms with E-state index >= 15 is 0 Å². The maximum absolute atomic E-state index is 12.2. The molecule has 3 nitrogen and oxygen atoms in total. The van der Waals surface area contributed by atoms with Gasteiger partial charge in [-0.2, -0.15) is 0 Å². The van der Waals surface area contributed by atoms with Crippen LogP contribution in [0, 0.1) is 0 Å². The molecule has 0 fully saturated rings. The van der Waals surface area contributed by atoms with Crippen LogP contribution in [0.3, 0.4) is 0 Å². The molecule has 0 unspecified atom stereocenters. The summed E-state index contributed by atoms with van der Waals surface area (Å²) < 4.78 is 1.60. The molecule has 1 N–H and O–H groups in total. The van der Waals surface area contributed by atoms with Gasteiger partial charge in [-0.25, -0.2) is 0 Å². The van der Waals surface area contributed by atoms with Crippen molar-refractivity contribution in [3.63, 3.8) is 0 Å². The minimum atomic E-state index is -0.118. The molecule has 0 spiro atoms. The summed E-state index contributed by atoms with van der Waals surface area (Å²) in [5.41, 5.74) is 0.471. The van der Waals surface area contributed by atoms with Crippen molar-refractivity contribution in [2.45, 2.75) is 6.54 Å². The van der Waals surface area contributed by atoms with Crippen molar-refractivity contribution in [2.24, 2.45) is 0 Å². The van der Waals surface area contributed by atoms with E-state index in [2.05, 4.69) is 31.9 Å². The number of carbonyl (C=O) groups excluding carboxylic acids is 1. The highest BCUT2D eigenvalue weighted by molar-refractivity contribution is 9.10. The molecule has 1 amide bonds. The molecule has 19 heavy (non-hydrogen) atoms. The SMILES string of the molecule is CN(Cc1cc(Br)cs1)C(=O)c1ccc(Br)c(O)c1. The number of aromatic hydroxyl groups is 1. The fourth-order valence-electron chi connectivity index (χ4n) is 1.61. The smallest absolute Gasteiger partial charge is 0.254 e. The first kappa shape index (κ1) is 14.6. The van der Waals surface area contributed by atoms with Crippen LogP contribution < -0.4 is 0 Å². The van der Waals surface area contributed by atoms with Gasteiger partial charge >= 0.3 is 0 Å². The second-order valence-electron chi connectivity index (χ2n) is 4.06. The van der Waals surface area contributed by atoms with E-state index in [1.165, 1.54) is 6.07 Å². The lowest BCUT2D eigenvalue weighted by molar-refractivity contribution is 0.0786. The first-order valence-corrected chi connectivity index (χ1v) is 7.91. The van der Waals surface area contributed by atoms with Crippen LogP contribution >= 0.6 is 43.2 Å². The minimum Gasteiger partial charge on any atom is -0.507 e. The van der Waals surface area contributed by atoms with E-state index in [1.807, 2.05) is 11.4 Å². The van der Waals surface area contributed by atoms with E-state index in [9.17, 15) is 9.90 Å². The number of thiophene rings is 1. The van der Waals surface area contributed by atoms with Crippen LogP contribution in [0.5, 0.6) is 5.75 Å². The summed E-state index contributed by atoms with van der Waals surface area (Å²) in [6.45, 7) is 0.548. The Morgan fingerprint density at radius 1 is 1.37 bits per heavy atom. The van der Waals surface area contributed by atoms with Gasteiger partial charge in [-0.05, 0) is 56.1 Å². The zero-order valence-electron chi connectivity index (χ0n) is 10.1. The average Bonchev–Trinajstić information content (AvgIpc) is 2.77. The predicted octanol–water partition coefficient (Wildman–Crippen LogP) is 4.25. The fourth-order valence-corrected chi connectivity index (χ4v) is 3.36. The zero-order valence-corrected chi connectivity index (χ0v) is 14.0. The van der Waals surface area contributed by atoms with Gasteiger partial charge in [0.25, 0.3) is 5.91 Å². The predicted molar refractivity (Wildman–Crippen MR) is 83.6 cm³/mol. The lowest BCUT2D eigenvalue weighted by atomic mass is 10.2. The molecule has 0 bridgehead atoms. The van der Waals surface area contributed by atoms with Gasteiger partial charge in [0.1, 0.15) is 5.75 Å². The van der Waals surface area contributed by atoms with Crippen molar-refractivity contribution in [2.75, 3.05) is 7.05 Å². The lowest BCUT2D eigenvalue weighted by Crippen LogP contribution is -2.25.